The molecule has 1 aliphatic rings. The van der Waals surface area contributed by atoms with Crippen LogP contribution >= 0.6 is 0 Å². The Labute approximate surface area is 167 Å². The van der Waals surface area contributed by atoms with Gasteiger partial charge >= 0.3 is 0 Å². The number of aromatic nitrogens is 2. The van der Waals surface area contributed by atoms with Crippen molar-refractivity contribution in [1.82, 2.24) is 20.6 Å². The van der Waals surface area contributed by atoms with Gasteiger partial charge in [0.25, 0.3) is 5.91 Å². The molecule has 3 aromatic rings. The molecule has 0 saturated carbocycles. The summed E-state index contributed by atoms with van der Waals surface area (Å²) in [7, 11) is 1.61. The van der Waals surface area contributed by atoms with Gasteiger partial charge in [-0.15, -0.1) is 0 Å². The van der Waals surface area contributed by atoms with E-state index in [2.05, 4.69) is 26.7 Å². The summed E-state index contributed by atoms with van der Waals surface area (Å²) in [5.41, 5.74) is 3.32. The normalized spacial score (nSPS) is 13.6. The Hall–Kier alpha value is -3.57. The zero-order chi connectivity index (χ0) is 20.4. The fourth-order valence-electron chi connectivity index (χ4n) is 3.38. The maximum atomic E-state index is 12.9. The molecule has 0 radical (unpaired) electrons. The number of rotatable bonds is 6. The molecule has 1 aliphatic heterocycles. The van der Waals surface area contributed by atoms with Crippen molar-refractivity contribution in [3.8, 4) is 17.6 Å². The first-order valence-electron chi connectivity index (χ1n) is 9.30. The first kappa shape index (κ1) is 18.8. The smallest absolute Gasteiger partial charge is 0.274 e. The summed E-state index contributed by atoms with van der Waals surface area (Å²) in [5, 5.41) is 16.4. The van der Waals surface area contributed by atoms with E-state index in [9.17, 15) is 10.1 Å². The highest BCUT2D eigenvalue weighted by atomic mass is 16.5. The molecule has 148 valence electrons. The van der Waals surface area contributed by atoms with E-state index >= 15 is 0 Å². The van der Waals surface area contributed by atoms with Crippen molar-refractivity contribution < 1.29 is 14.3 Å². The highest BCUT2D eigenvalue weighted by molar-refractivity contribution is 5.96. The number of hydrogen-bond acceptors (Lipinski definition) is 6. The SMILES string of the molecule is COc1cc(C)c2[nH]ccc2c1CNC(=O)c1nccc(C#N)c1OC1CNC1. The van der Waals surface area contributed by atoms with Gasteiger partial charge in [-0.2, -0.15) is 5.26 Å². The largest absolute Gasteiger partial charge is 0.496 e. The summed E-state index contributed by atoms with van der Waals surface area (Å²) in [6.07, 6.45) is 3.23. The zero-order valence-corrected chi connectivity index (χ0v) is 16.2. The monoisotopic (exact) mass is 391 g/mol. The van der Waals surface area contributed by atoms with Gasteiger partial charge in [-0.05, 0) is 30.7 Å². The van der Waals surface area contributed by atoms with E-state index in [-0.39, 0.29) is 29.7 Å². The number of aryl methyl sites for hydroxylation is 1. The highest BCUT2D eigenvalue weighted by Crippen LogP contribution is 2.30. The third-order valence-electron chi connectivity index (χ3n) is 5.03. The van der Waals surface area contributed by atoms with Crippen LogP contribution in [0.5, 0.6) is 11.5 Å². The van der Waals surface area contributed by atoms with Crippen molar-refractivity contribution in [1.29, 1.82) is 5.26 Å². The molecular weight excluding hydrogens is 370 g/mol. The second-order valence-electron chi connectivity index (χ2n) is 6.87. The molecule has 0 spiro atoms. The van der Waals surface area contributed by atoms with Crippen molar-refractivity contribution >= 4 is 16.8 Å². The molecule has 8 nitrogen and oxygen atoms in total. The molecule has 29 heavy (non-hydrogen) atoms. The number of benzene rings is 1. The number of amides is 1. The second-order valence-corrected chi connectivity index (χ2v) is 6.87. The van der Waals surface area contributed by atoms with Gasteiger partial charge in [-0.25, -0.2) is 4.98 Å². The molecule has 1 saturated heterocycles. The standard InChI is InChI=1S/C21H21N5O3/c1-12-7-17(28-2)16(15-4-6-24-18(12)15)11-26-21(27)19-20(29-14-9-23-10-14)13(8-22)3-5-25-19/h3-7,14,23-24H,9-11H2,1-2H3,(H,26,27). The van der Waals surface area contributed by atoms with Crippen LogP contribution in [-0.4, -0.2) is 42.2 Å². The Balaban J connectivity index is 1.61. The summed E-state index contributed by atoms with van der Waals surface area (Å²) < 4.78 is 11.4. The molecule has 3 N–H and O–H groups in total. The lowest BCUT2D eigenvalue weighted by Gasteiger charge is -2.28. The molecule has 8 heteroatoms. The van der Waals surface area contributed by atoms with E-state index in [1.807, 2.05) is 25.3 Å². The number of nitriles is 1. The Morgan fingerprint density at radius 2 is 2.24 bits per heavy atom. The predicted octanol–water partition coefficient (Wildman–Crippen LogP) is 2.03. The van der Waals surface area contributed by atoms with Crippen LogP contribution in [0.3, 0.4) is 0 Å². The summed E-state index contributed by atoms with van der Waals surface area (Å²) in [4.78, 5) is 20.3. The highest BCUT2D eigenvalue weighted by Gasteiger charge is 2.25. The number of nitrogens with one attached hydrogen (secondary N) is 3. The molecule has 0 aliphatic carbocycles. The van der Waals surface area contributed by atoms with E-state index < -0.39 is 5.91 Å². The predicted molar refractivity (Wildman–Crippen MR) is 107 cm³/mol. The number of pyridine rings is 1. The summed E-state index contributed by atoms with van der Waals surface area (Å²) in [6, 6.07) is 7.51. The number of carbonyl (C=O) groups is 1. The number of methoxy groups -OCH3 is 1. The van der Waals surface area contributed by atoms with Crippen molar-refractivity contribution in [3.05, 3.63) is 53.0 Å². The number of nitrogens with zero attached hydrogens (tertiary/aromatic N) is 2. The topological polar surface area (TPSA) is 112 Å². The van der Waals surface area contributed by atoms with Gasteiger partial charge < -0.3 is 25.1 Å². The number of fused-ring (bicyclic) bond motifs is 1. The average molecular weight is 391 g/mol. The zero-order valence-electron chi connectivity index (χ0n) is 16.2. The third-order valence-corrected chi connectivity index (χ3v) is 5.03. The number of hydrogen-bond donors (Lipinski definition) is 3. The van der Waals surface area contributed by atoms with Crippen LogP contribution in [-0.2, 0) is 6.54 Å². The van der Waals surface area contributed by atoms with E-state index in [1.165, 1.54) is 6.20 Å². The number of ether oxygens (including phenoxy) is 2. The molecule has 2 aromatic heterocycles. The minimum Gasteiger partial charge on any atom is -0.496 e. The molecule has 0 atom stereocenters. The van der Waals surface area contributed by atoms with Crippen LogP contribution in [0.25, 0.3) is 10.9 Å². The van der Waals surface area contributed by atoms with E-state index in [4.69, 9.17) is 9.47 Å². The first-order valence-corrected chi connectivity index (χ1v) is 9.30. The molecule has 0 bridgehead atoms. The molecular formula is C21H21N5O3. The van der Waals surface area contributed by atoms with E-state index in [0.717, 1.165) is 22.0 Å². The van der Waals surface area contributed by atoms with Crippen molar-refractivity contribution in [2.75, 3.05) is 20.2 Å². The number of H-pyrrole nitrogens is 1. The van der Waals surface area contributed by atoms with E-state index in [0.29, 0.717) is 18.8 Å². The molecule has 1 fully saturated rings. The Morgan fingerprint density at radius 1 is 1.41 bits per heavy atom. The summed E-state index contributed by atoms with van der Waals surface area (Å²) in [5.74, 6) is 0.517. The average Bonchev–Trinajstić information content (AvgIpc) is 3.19. The van der Waals surface area contributed by atoms with Crippen LogP contribution in [0.15, 0.2) is 30.6 Å². The van der Waals surface area contributed by atoms with Crippen LogP contribution in [0.2, 0.25) is 0 Å². The fraction of sp³-hybridized carbons (Fsp3) is 0.286. The Morgan fingerprint density at radius 3 is 2.93 bits per heavy atom. The lowest BCUT2D eigenvalue weighted by atomic mass is 10.0. The summed E-state index contributed by atoms with van der Waals surface area (Å²) in [6.45, 7) is 3.60. The molecule has 1 aromatic carbocycles. The van der Waals surface area contributed by atoms with Gasteiger partial charge in [0.1, 0.15) is 17.9 Å². The molecule has 3 heterocycles. The second kappa shape index (κ2) is 7.81. The minimum atomic E-state index is -0.407. The Bertz CT molecular complexity index is 1110. The quantitative estimate of drug-likeness (QED) is 0.593. The molecule has 1 amide bonds. The lowest BCUT2D eigenvalue weighted by molar-refractivity contribution is 0.0929. The van der Waals surface area contributed by atoms with Gasteiger partial charge in [0.15, 0.2) is 11.4 Å². The van der Waals surface area contributed by atoms with Crippen LogP contribution in [0.4, 0.5) is 0 Å². The fourth-order valence-corrected chi connectivity index (χ4v) is 3.38. The first-order chi connectivity index (χ1) is 14.1. The maximum absolute atomic E-state index is 12.9. The number of carbonyl (C=O) groups excluding carboxylic acids is 1. The van der Waals surface area contributed by atoms with Crippen molar-refractivity contribution in [2.24, 2.45) is 0 Å². The van der Waals surface area contributed by atoms with Gasteiger partial charge in [0.2, 0.25) is 0 Å². The van der Waals surface area contributed by atoms with Crippen molar-refractivity contribution in [3.63, 3.8) is 0 Å². The van der Waals surface area contributed by atoms with Gasteiger partial charge in [-0.3, -0.25) is 4.79 Å². The van der Waals surface area contributed by atoms with E-state index in [1.54, 1.807) is 13.2 Å². The lowest BCUT2D eigenvalue weighted by Crippen LogP contribution is -2.50. The van der Waals surface area contributed by atoms with Gasteiger partial charge in [0.05, 0.1) is 12.7 Å². The maximum Gasteiger partial charge on any atom is 0.274 e. The van der Waals surface area contributed by atoms with Crippen LogP contribution in [0.1, 0.15) is 27.2 Å². The van der Waals surface area contributed by atoms with Crippen molar-refractivity contribution in [2.45, 2.75) is 19.6 Å². The minimum absolute atomic E-state index is 0.0745. The third kappa shape index (κ3) is 3.48. The van der Waals surface area contributed by atoms with Crippen LogP contribution < -0.4 is 20.1 Å². The molecule has 4 rings (SSSR count). The van der Waals surface area contributed by atoms with Gasteiger partial charge in [-0.1, -0.05) is 0 Å². The van der Waals surface area contributed by atoms with Crippen LogP contribution in [0, 0.1) is 18.3 Å². The Kier molecular flexibility index (Phi) is 5.06. The van der Waals surface area contributed by atoms with Gasteiger partial charge in [0, 0.05) is 48.5 Å². The summed E-state index contributed by atoms with van der Waals surface area (Å²) >= 11 is 0. The molecule has 0 unspecified atom stereocenters. The number of aromatic amines is 1.